The molecule has 0 radical (unpaired) electrons. The Morgan fingerprint density at radius 3 is 2.83 bits per heavy atom. The Hall–Kier alpha value is -1.04. The molecule has 6 heteroatoms. The minimum absolute atomic E-state index is 0.141. The van der Waals surface area contributed by atoms with Gasteiger partial charge in [0.2, 0.25) is 0 Å². The smallest absolute Gasteiger partial charge is 0.152 e. The summed E-state index contributed by atoms with van der Waals surface area (Å²) < 4.78 is 13.7. The third-order valence-corrected chi connectivity index (χ3v) is 4.04. The molecule has 96 valence electrons. The van der Waals surface area contributed by atoms with Gasteiger partial charge in [-0.05, 0) is 25.6 Å². The van der Waals surface area contributed by atoms with Crippen LogP contribution in [0.5, 0.6) is 0 Å². The molecule has 0 amide bonds. The number of aromatic nitrogens is 2. The van der Waals surface area contributed by atoms with E-state index in [0.29, 0.717) is 15.6 Å². The molecule has 1 aromatic heterocycles. The molecule has 1 aromatic carbocycles. The third-order valence-electron chi connectivity index (χ3n) is 2.67. The van der Waals surface area contributed by atoms with E-state index in [1.807, 2.05) is 7.05 Å². The lowest BCUT2D eigenvalue weighted by molar-refractivity contribution is 0.568. The highest BCUT2D eigenvalue weighted by Gasteiger charge is 2.18. The molecule has 0 aliphatic heterocycles. The zero-order chi connectivity index (χ0) is 13.1. The van der Waals surface area contributed by atoms with Crippen molar-refractivity contribution in [2.75, 3.05) is 7.05 Å². The Morgan fingerprint density at radius 2 is 2.22 bits per heavy atom. The molecule has 18 heavy (non-hydrogen) atoms. The van der Waals surface area contributed by atoms with Gasteiger partial charge in [-0.25, -0.2) is 4.39 Å². The lowest BCUT2D eigenvalue weighted by Gasteiger charge is -2.08. The second kappa shape index (κ2) is 5.73. The Labute approximate surface area is 114 Å². The maximum atomic E-state index is 13.7. The van der Waals surface area contributed by atoms with Crippen LogP contribution in [-0.4, -0.2) is 17.2 Å². The highest BCUT2D eigenvalue weighted by Crippen LogP contribution is 2.34. The van der Waals surface area contributed by atoms with E-state index in [2.05, 4.69) is 22.4 Å². The zero-order valence-electron chi connectivity index (χ0n) is 10.1. The number of hydrogen-bond acceptors (Lipinski definition) is 4. The van der Waals surface area contributed by atoms with Crippen LogP contribution >= 0.6 is 22.9 Å². The molecule has 0 aliphatic rings. The van der Waals surface area contributed by atoms with Crippen molar-refractivity contribution in [1.29, 1.82) is 0 Å². The zero-order valence-corrected chi connectivity index (χ0v) is 11.6. The van der Waals surface area contributed by atoms with Crippen molar-refractivity contribution < 1.29 is 4.39 Å². The minimum atomic E-state index is -0.372. The highest BCUT2D eigenvalue weighted by molar-refractivity contribution is 7.14. The first-order valence-electron chi connectivity index (χ1n) is 5.62. The van der Waals surface area contributed by atoms with Gasteiger partial charge in [-0.2, -0.15) is 0 Å². The van der Waals surface area contributed by atoms with Crippen LogP contribution in [0.15, 0.2) is 18.2 Å². The van der Waals surface area contributed by atoms with Gasteiger partial charge in [0, 0.05) is 0 Å². The number of rotatable bonds is 4. The van der Waals surface area contributed by atoms with Crippen LogP contribution in [0.1, 0.15) is 24.4 Å². The number of halogens is 2. The summed E-state index contributed by atoms with van der Waals surface area (Å²) in [5.41, 5.74) is 0.328. The molecule has 1 heterocycles. The molecule has 0 bridgehead atoms. The second-order valence-corrected chi connectivity index (χ2v) is 5.21. The molecular weight excluding hydrogens is 273 g/mol. The predicted octanol–water partition coefficient (Wildman–Crippen LogP) is 3.67. The molecule has 1 atom stereocenters. The van der Waals surface area contributed by atoms with Crippen molar-refractivity contribution in [1.82, 2.24) is 15.5 Å². The SMILES string of the molecule is CCC(NC)c1nnc(-c2c(F)cccc2Cl)s1. The summed E-state index contributed by atoms with van der Waals surface area (Å²) in [6.45, 7) is 2.05. The van der Waals surface area contributed by atoms with E-state index in [1.165, 1.54) is 17.4 Å². The number of hydrogen-bond donors (Lipinski definition) is 1. The van der Waals surface area contributed by atoms with Gasteiger partial charge in [0.1, 0.15) is 10.8 Å². The lowest BCUT2D eigenvalue weighted by Crippen LogP contribution is -2.14. The van der Waals surface area contributed by atoms with Crippen LogP contribution in [0.2, 0.25) is 5.02 Å². The van der Waals surface area contributed by atoms with Crippen LogP contribution < -0.4 is 5.32 Å². The van der Waals surface area contributed by atoms with Crippen molar-refractivity contribution in [2.45, 2.75) is 19.4 Å². The van der Waals surface area contributed by atoms with Crippen molar-refractivity contribution in [2.24, 2.45) is 0 Å². The van der Waals surface area contributed by atoms with E-state index in [1.54, 1.807) is 12.1 Å². The van der Waals surface area contributed by atoms with Crippen molar-refractivity contribution in [3.8, 4) is 10.6 Å². The highest BCUT2D eigenvalue weighted by atomic mass is 35.5. The second-order valence-electron chi connectivity index (χ2n) is 3.79. The summed E-state index contributed by atoms with van der Waals surface area (Å²) in [5, 5.41) is 13.0. The van der Waals surface area contributed by atoms with Gasteiger partial charge >= 0.3 is 0 Å². The van der Waals surface area contributed by atoms with E-state index < -0.39 is 0 Å². The largest absolute Gasteiger partial charge is 0.311 e. The van der Waals surface area contributed by atoms with E-state index >= 15 is 0 Å². The van der Waals surface area contributed by atoms with Crippen molar-refractivity contribution >= 4 is 22.9 Å². The molecule has 1 unspecified atom stereocenters. The Balaban J connectivity index is 2.41. The van der Waals surface area contributed by atoms with E-state index in [0.717, 1.165) is 11.4 Å². The maximum absolute atomic E-state index is 13.7. The fourth-order valence-corrected chi connectivity index (χ4v) is 3.09. The number of nitrogens with one attached hydrogen (secondary N) is 1. The Kier molecular flexibility index (Phi) is 4.27. The average Bonchev–Trinajstić information content (AvgIpc) is 2.80. The molecule has 0 fully saturated rings. The first-order valence-corrected chi connectivity index (χ1v) is 6.81. The predicted molar refractivity (Wildman–Crippen MR) is 72.4 cm³/mol. The van der Waals surface area contributed by atoms with Crippen LogP contribution in [0.4, 0.5) is 4.39 Å². The Bertz CT molecular complexity index is 520. The summed E-state index contributed by atoms with van der Waals surface area (Å²) in [4.78, 5) is 0. The molecule has 3 nitrogen and oxygen atoms in total. The molecule has 0 saturated heterocycles. The van der Waals surface area contributed by atoms with Gasteiger partial charge in [0.15, 0.2) is 5.01 Å². The first-order chi connectivity index (χ1) is 8.67. The summed E-state index contributed by atoms with van der Waals surface area (Å²) in [7, 11) is 1.87. The van der Waals surface area contributed by atoms with Crippen LogP contribution in [-0.2, 0) is 0 Å². The van der Waals surface area contributed by atoms with Crippen LogP contribution in [0.25, 0.3) is 10.6 Å². The fourth-order valence-electron chi connectivity index (χ4n) is 1.68. The van der Waals surface area contributed by atoms with E-state index in [-0.39, 0.29) is 11.9 Å². The molecule has 0 aliphatic carbocycles. The fraction of sp³-hybridized carbons (Fsp3) is 0.333. The molecule has 2 aromatic rings. The van der Waals surface area contributed by atoms with Gasteiger partial charge in [-0.15, -0.1) is 10.2 Å². The van der Waals surface area contributed by atoms with Crippen LogP contribution in [0, 0.1) is 5.82 Å². The van der Waals surface area contributed by atoms with Gasteiger partial charge in [-0.3, -0.25) is 0 Å². The lowest BCUT2D eigenvalue weighted by atomic mass is 10.2. The Morgan fingerprint density at radius 1 is 1.44 bits per heavy atom. The third kappa shape index (κ3) is 2.53. The van der Waals surface area contributed by atoms with E-state index in [4.69, 9.17) is 11.6 Å². The van der Waals surface area contributed by atoms with Gasteiger partial charge in [0.25, 0.3) is 0 Å². The van der Waals surface area contributed by atoms with E-state index in [9.17, 15) is 4.39 Å². The normalized spacial score (nSPS) is 12.7. The molecule has 1 N–H and O–H groups in total. The van der Waals surface area contributed by atoms with Crippen molar-refractivity contribution in [3.63, 3.8) is 0 Å². The van der Waals surface area contributed by atoms with Gasteiger partial charge in [0.05, 0.1) is 16.6 Å². The monoisotopic (exact) mass is 285 g/mol. The van der Waals surface area contributed by atoms with Gasteiger partial charge in [-0.1, -0.05) is 35.9 Å². The maximum Gasteiger partial charge on any atom is 0.152 e. The number of benzene rings is 1. The van der Waals surface area contributed by atoms with Gasteiger partial charge < -0.3 is 5.32 Å². The summed E-state index contributed by atoms with van der Waals surface area (Å²) >= 11 is 7.37. The van der Waals surface area contributed by atoms with Crippen LogP contribution in [0.3, 0.4) is 0 Å². The first kappa shape index (κ1) is 13.4. The standard InChI is InChI=1S/C12H13ClFN3S/c1-3-9(15-2)11-16-17-12(18-11)10-7(13)5-4-6-8(10)14/h4-6,9,15H,3H2,1-2H3. The van der Waals surface area contributed by atoms with Crippen molar-refractivity contribution in [3.05, 3.63) is 34.0 Å². The average molecular weight is 286 g/mol. The summed E-state index contributed by atoms with van der Waals surface area (Å²) in [5.74, 6) is -0.372. The molecule has 0 saturated carbocycles. The molecule has 2 rings (SSSR count). The quantitative estimate of drug-likeness (QED) is 0.931. The molecule has 0 spiro atoms. The minimum Gasteiger partial charge on any atom is -0.311 e. The molecular formula is C12H13ClFN3S. The summed E-state index contributed by atoms with van der Waals surface area (Å²) in [6.07, 6.45) is 0.899. The number of nitrogens with zero attached hydrogens (tertiary/aromatic N) is 2. The summed E-state index contributed by atoms with van der Waals surface area (Å²) in [6, 6.07) is 4.74. The topological polar surface area (TPSA) is 37.8 Å².